The van der Waals surface area contributed by atoms with Crippen LogP contribution in [0.5, 0.6) is 0 Å². The van der Waals surface area contributed by atoms with Gasteiger partial charge in [0.05, 0.1) is 6.04 Å². The van der Waals surface area contributed by atoms with Gasteiger partial charge in [-0.25, -0.2) is 0 Å². The summed E-state index contributed by atoms with van der Waals surface area (Å²) in [6, 6.07) is 5.01. The van der Waals surface area contributed by atoms with Crippen molar-refractivity contribution in [3.05, 3.63) is 35.2 Å². The average molecular weight is 274 g/mol. The summed E-state index contributed by atoms with van der Waals surface area (Å²) in [4.78, 5) is 12.3. The SMILES string of the molecule is CCCC(NC(=O)c1cc(N)ccc1C)c1nn[nH]n1. The fourth-order valence-electron chi connectivity index (χ4n) is 1.99. The summed E-state index contributed by atoms with van der Waals surface area (Å²) in [5, 5.41) is 16.7. The van der Waals surface area contributed by atoms with Gasteiger partial charge >= 0.3 is 0 Å². The van der Waals surface area contributed by atoms with E-state index in [0.29, 0.717) is 17.1 Å². The molecule has 7 heteroatoms. The number of aromatic nitrogens is 4. The van der Waals surface area contributed by atoms with Crippen molar-refractivity contribution in [1.29, 1.82) is 0 Å². The predicted molar refractivity (Wildman–Crippen MR) is 74.9 cm³/mol. The summed E-state index contributed by atoms with van der Waals surface area (Å²) in [5.74, 6) is 0.305. The smallest absolute Gasteiger partial charge is 0.252 e. The molecule has 0 aliphatic heterocycles. The van der Waals surface area contributed by atoms with Gasteiger partial charge < -0.3 is 11.1 Å². The third-order valence-electron chi connectivity index (χ3n) is 3.06. The molecule has 0 aliphatic rings. The van der Waals surface area contributed by atoms with E-state index < -0.39 is 0 Å². The quantitative estimate of drug-likeness (QED) is 0.713. The molecule has 0 spiro atoms. The predicted octanol–water partition coefficient (Wildman–Crippen LogP) is 1.36. The maximum absolute atomic E-state index is 12.3. The number of hydrogen-bond acceptors (Lipinski definition) is 5. The van der Waals surface area contributed by atoms with Gasteiger partial charge in [-0.05, 0) is 31.0 Å². The number of carbonyl (C=O) groups excluding carboxylic acids is 1. The van der Waals surface area contributed by atoms with Crippen molar-refractivity contribution in [2.45, 2.75) is 32.7 Å². The zero-order valence-electron chi connectivity index (χ0n) is 11.6. The third kappa shape index (κ3) is 3.11. The van der Waals surface area contributed by atoms with Crippen molar-refractivity contribution in [2.24, 2.45) is 0 Å². The second-order valence-corrected chi connectivity index (χ2v) is 4.66. The minimum Gasteiger partial charge on any atom is -0.399 e. The fraction of sp³-hybridized carbons (Fsp3) is 0.385. The molecule has 7 nitrogen and oxygen atoms in total. The number of benzene rings is 1. The van der Waals surface area contributed by atoms with Gasteiger partial charge in [0.15, 0.2) is 5.82 Å². The first-order valence-electron chi connectivity index (χ1n) is 6.52. The Morgan fingerprint density at radius 1 is 1.50 bits per heavy atom. The van der Waals surface area contributed by atoms with Crippen molar-refractivity contribution < 1.29 is 4.79 Å². The van der Waals surface area contributed by atoms with Crippen LogP contribution in [0.3, 0.4) is 0 Å². The zero-order chi connectivity index (χ0) is 14.5. The van der Waals surface area contributed by atoms with E-state index in [0.717, 1.165) is 18.4 Å². The summed E-state index contributed by atoms with van der Waals surface area (Å²) in [5.41, 5.74) is 7.73. The Morgan fingerprint density at radius 3 is 2.95 bits per heavy atom. The van der Waals surface area contributed by atoms with Crippen LogP contribution in [-0.2, 0) is 0 Å². The highest BCUT2D eigenvalue weighted by Gasteiger charge is 2.19. The number of nitrogen functional groups attached to an aromatic ring is 1. The van der Waals surface area contributed by atoms with Crippen LogP contribution < -0.4 is 11.1 Å². The topological polar surface area (TPSA) is 110 Å². The number of carbonyl (C=O) groups is 1. The van der Waals surface area contributed by atoms with Gasteiger partial charge in [0.1, 0.15) is 0 Å². The normalized spacial score (nSPS) is 12.1. The molecule has 0 aliphatic carbocycles. The average Bonchev–Trinajstić information content (AvgIpc) is 2.95. The molecule has 1 aromatic heterocycles. The molecule has 20 heavy (non-hydrogen) atoms. The van der Waals surface area contributed by atoms with E-state index in [1.54, 1.807) is 12.1 Å². The molecule has 0 saturated carbocycles. The maximum atomic E-state index is 12.3. The van der Waals surface area contributed by atoms with E-state index in [9.17, 15) is 4.79 Å². The van der Waals surface area contributed by atoms with E-state index >= 15 is 0 Å². The van der Waals surface area contributed by atoms with Gasteiger partial charge in [-0.15, -0.1) is 10.2 Å². The van der Waals surface area contributed by atoms with Crippen molar-refractivity contribution in [2.75, 3.05) is 5.73 Å². The summed E-state index contributed by atoms with van der Waals surface area (Å²) in [7, 11) is 0. The Bertz CT molecular complexity index is 581. The molecule has 4 N–H and O–H groups in total. The number of nitrogens with one attached hydrogen (secondary N) is 2. The molecule has 2 aromatic rings. The molecule has 106 valence electrons. The summed E-state index contributed by atoms with van der Waals surface area (Å²) >= 11 is 0. The van der Waals surface area contributed by atoms with Gasteiger partial charge in [-0.1, -0.05) is 24.6 Å². The first-order valence-corrected chi connectivity index (χ1v) is 6.52. The highest BCUT2D eigenvalue weighted by molar-refractivity contribution is 5.96. The Balaban J connectivity index is 2.18. The maximum Gasteiger partial charge on any atom is 0.252 e. The lowest BCUT2D eigenvalue weighted by atomic mass is 10.1. The zero-order valence-corrected chi connectivity index (χ0v) is 11.6. The van der Waals surface area contributed by atoms with Gasteiger partial charge in [0.2, 0.25) is 0 Å². The van der Waals surface area contributed by atoms with Crippen molar-refractivity contribution >= 4 is 11.6 Å². The molecule has 0 bridgehead atoms. The van der Waals surface area contributed by atoms with Crippen LogP contribution >= 0.6 is 0 Å². The Morgan fingerprint density at radius 2 is 2.30 bits per heavy atom. The Kier molecular flexibility index (Phi) is 4.29. The van der Waals surface area contributed by atoms with Crippen LogP contribution in [0.2, 0.25) is 0 Å². The summed E-state index contributed by atoms with van der Waals surface area (Å²) in [6.07, 6.45) is 1.64. The first kappa shape index (κ1) is 14.0. The number of nitrogens with two attached hydrogens (primary N) is 1. The number of amides is 1. The highest BCUT2D eigenvalue weighted by Crippen LogP contribution is 2.17. The van der Waals surface area contributed by atoms with Crippen molar-refractivity contribution in [3.63, 3.8) is 0 Å². The van der Waals surface area contributed by atoms with Gasteiger partial charge in [-0.3, -0.25) is 4.79 Å². The molecule has 1 unspecified atom stereocenters. The van der Waals surface area contributed by atoms with Crippen LogP contribution in [0.15, 0.2) is 18.2 Å². The molecule has 2 rings (SSSR count). The van der Waals surface area contributed by atoms with Crippen LogP contribution in [0, 0.1) is 6.92 Å². The molecular formula is C13H18N6O. The third-order valence-corrected chi connectivity index (χ3v) is 3.06. The second-order valence-electron chi connectivity index (χ2n) is 4.66. The van der Waals surface area contributed by atoms with Crippen molar-refractivity contribution in [1.82, 2.24) is 25.9 Å². The summed E-state index contributed by atoms with van der Waals surface area (Å²) < 4.78 is 0. The number of rotatable bonds is 5. The number of aromatic amines is 1. The minimum atomic E-state index is -0.257. The molecule has 0 radical (unpaired) electrons. The van der Waals surface area contributed by atoms with Gasteiger partial charge in [0.25, 0.3) is 5.91 Å². The Hall–Kier alpha value is -2.44. The summed E-state index contributed by atoms with van der Waals surface area (Å²) in [6.45, 7) is 3.91. The number of aryl methyl sites for hydroxylation is 1. The van der Waals surface area contributed by atoms with E-state index in [-0.39, 0.29) is 11.9 Å². The number of H-pyrrole nitrogens is 1. The molecule has 1 aromatic carbocycles. The number of tetrazole rings is 1. The van der Waals surface area contributed by atoms with E-state index in [1.165, 1.54) is 0 Å². The van der Waals surface area contributed by atoms with Crippen LogP contribution in [0.1, 0.15) is 47.6 Å². The fourth-order valence-corrected chi connectivity index (χ4v) is 1.99. The molecule has 0 fully saturated rings. The lowest BCUT2D eigenvalue weighted by Gasteiger charge is -2.15. The number of nitrogens with zero attached hydrogens (tertiary/aromatic N) is 3. The largest absolute Gasteiger partial charge is 0.399 e. The van der Waals surface area contributed by atoms with Gasteiger partial charge in [0, 0.05) is 11.3 Å². The monoisotopic (exact) mass is 274 g/mol. The molecular weight excluding hydrogens is 256 g/mol. The Labute approximate surface area is 117 Å². The minimum absolute atomic E-state index is 0.182. The first-order chi connectivity index (χ1) is 9.61. The number of anilines is 1. The highest BCUT2D eigenvalue weighted by atomic mass is 16.1. The van der Waals surface area contributed by atoms with E-state index in [4.69, 9.17) is 5.73 Å². The van der Waals surface area contributed by atoms with Crippen molar-refractivity contribution in [3.8, 4) is 0 Å². The lowest BCUT2D eigenvalue weighted by molar-refractivity contribution is 0.0932. The molecule has 1 atom stereocenters. The van der Waals surface area contributed by atoms with Crippen LogP contribution in [0.25, 0.3) is 0 Å². The van der Waals surface area contributed by atoms with Gasteiger partial charge in [-0.2, -0.15) is 5.21 Å². The van der Waals surface area contributed by atoms with E-state index in [2.05, 4.69) is 25.9 Å². The standard InChI is InChI=1S/C13H18N6O/c1-3-4-11(12-16-18-19-17-12)15-13(20)10-7-9(14)6-5-8(10)2/h5-7,11H,3-4,14H2,1-2H3,(H,15,20)(H,16,17,18,19). The van der Waals surface area contributed by atoms with Crippen LogP contribution in [0.4, 0.5) is 5.69 Å². The van der Waals surface area contributed by atoms with Crippen LogP contribution in [-0.4, -0.2) is 26.5 Å². The molecule has 1 heterocycles. The second kappa shape index (κ2) is 6.14. The lowest BCUT2D eigenvalue weighted by Crippen LogP contribution is -2.30. The molecule has 0 saturated heterocycles. The molecule has 1 amide bonds. The van der Waals surface area contributed by atoms with E-state index in [1.807, 2.05) is 19.9 Å². The number of hydrogen-bond donors (Lipinski definition) is 3.